The van der Waals surface area contributed by atoms with Gasteiger partial charge in [-0.05, 0) is 30.0 Å². The molecule has 1 N–H and O–H groups in total. The Bertz CT molecular complexity index is 966. The lowest BCUT2D eigenvalue weighted by atomic mass is 10.0. The first-order valence-corrected chi connectivity index (χ1v) is 8.09. The summed E-state index contributed by atoms with van der Waals surface area (Å²) in [4.78, 5) is 12.2. The van der Waals surface area contributed by atoms with E-state index in [1.807, 2.05) is 30.3 Å². The second-order valence-electron chi connectivity index (χ2n) is 4.85. The zero-order valence-electron chi connectivity index (χ0n) is 12.6. The Kier molecular flexibility index (Phi) is 4.12. The minimum Gasteiger partial charge on any atom is -0.507 e. The van der Waals surface area contributed by atoms with Crippen molar-refractivity contribution >= 4 is 28.7 Å². The molecule has 116 valence electrons. The second kappa shape index (κ2) is 6.21. The molecule has 0 bridgehead atoms. The number of rotatable bonds is 3. The predicted molar refractivity (Wildman–Crippen MR) is 91.4 cm³/mol. The number of aromatic nitrogens is 3. The lowest BCUT2D eigenvalue weighted by Crippen LogP contribution is -2.23. The molecule has 3 rings (SSSR count). The maximum atomic E-state index is 12.2. The highest BCUT2D eigenvalue weighted by Gasteiger charge is 2.09. The largest absolute Gasteiger partial charge is 0.507 e. The van der Waals surface area contributed by atoms with E-state index < -0.39 is 0 Å². The molecule has 0 amide bonds. The maximum Gasteiger partial charge on any atom is 0.296 e. The molecule has 0 aliphatic carbocycles. The van der Waals surface area contributed by atoms with Crippen molar-refractivity contribution in [2.45, 2.75) is 12.1 Å². The summed E-state index contributed by atoms with van der Waals surface area (Å²) in [5.41, 5.74) is 0.485. The van der Waals surface area contributed by atoms with Crippen molar-refractivity contribution in [3.05, 3.63) is 58.0 Å². The third kappa shape index (κ3) is 2.83. The van der Waals surface area contributed by atoms with Gasteiger partial charge in [-0.25, -0.2) is 0 Å². The SMILES string of the molecule is CSc1nnc(C)c(=O)n1/N=C\c1c(O)ccc2ccccc12. The van der Waals surface area contributed by atoms with Gasteiger partial charge in [0.2, 0.25) is 5.16 Å². The molecule has 0 spiro atoms. The van der Waals surface area contributed by atoms with Crippen LogP contribution >= 0.6 is 11.8 Å². The van der Waals surface area contributed by atoms with Crippen LogP contribution in [0.25, 0.3) is 10.8 Å². The molecule has 0 saturated heterocycles. The van der Waals surface area contributed by atoms with Crippen LogP contribution in [0.4, 0.5) is 0 Å². The first-order valence-electron chi connectivity index (χ1n) is 6.87. The van der Waals surface area contributed by atoms with Crippen molar-refractivity contribution in [2.24, 2.45) is 5.10 Å². The standard InChI is InChI=1S/C16H14N4O2S/c1-10-15(22)20(16(23-2)19-18-10)17-9-13-12-6-4-3-5-11(12)7-8-14(13)21/h3-9,21H,1-2H3/b17-9-. The molecular formula is C16H14N4O2S. The molecule has 0 atom stereocenters. The van der Waals surface area contributed by atoms with Gasteiger partial charge in [0.25, 0.3) is 5.56 Å². The van der Waals surface area contributed by atoms with E-state index in [1.165, 1.54) is 22.7 Å². The Hall–Kier alpha value is -2.67. The van der Waals surface area contributed by atoms with Crippen LogP contribution in [0, 0.1) is 6.92 Å². The zero-order valence-corrected chi connectivity index (χ0v) is 13.4. The Balaban J connectivity index is 2.17. The number of thioether (sulfide) groups is 1. The average Bonchev–Trinajstić information content (AvgIpc) is 2.57. The van der Waals surface area contributed by atoms with E-state index >= 15 is 0 Å². The topological polar surface area (TPSA) is 80.4 Å². The van der Waals surface area contributed by atoms with E-state index in [-0.39, 0.29) is 17.0 Å². The molecule has 1 aromatic heterocycles. The Morgan fingerprint density at radius 2 is 2.00 bits per heavy atom. The number of aryl methyl sites for hydroxylation is 1. The summed E-state index contributed by atoms with van der Waals surface area (Å²) in [7, 11) is 0. The number of hydrogen-bond acceptors (Lipinski definition) is 6. The number of nitrogens with zero attached hydrogens (tertiary/aromatic N) is 4. The Morgan fingerprint density at radius 3 is 2.78 bits per heavy atom. The number of hydrogen-bond donors (Lipinski definition) is 1. The van der Waals surface area contributed by atoms with Crippen molar-refractivity contribution < 1.29 is 5.11 Å². The third-order valence-corrected chi connectivity index (χ3v) is 4.02. The molecule has 6 nitrogen and oxygen atoms in total. The molecule has 0 fully saturated rings. The molecule has 0 aliphatic heterocycles. The van der Waals surface area contributed by atoms with Crippen LogP contribution in [0.2, 0.25) is 0 Å². The van der Waals surface area contributed by atoms with E-state index in [0.29, 0.717) is 10.7 Å². The summed E-state index contributed by atoms with van der Waals surface area (Å²) in [6.07, 6.45) is 3.26. The summed E-state index contributed by atoms with van der Waals surface area (Å²) in [6.45, 7) is 1.58. The highest BCUT2D eigenvalue weighted by Crippen LogP contribution is 2.25. The summed E-state index contributed by atoms with van der Waals surface area (Å²) in [6, 6.07) is 11.1. The average molecular weight is 326 g/mol. The van der Waals surface area contributed by atoms with Gasteiger partial charge in [0.1, 0.15) is 11.4 Å². The number of phenolic OH excluding ortho intramolecular Hbond substituents is 1. The van der Waals surface area contributed by atoms with E-state index in [2.05, 4.69) is 15.3 Å². The molecule has 1 heterocycles. The van der Waals surface area contributed by atoms with Gasteiger partial charge in [-0.1, -0.05) is 42.1 Å². The molecule has 0 radical (unpaired) electrons. The van der Waals surface area contributed by atoms with Crippen LogP contribution in [-0.2, 0) is 0 Å². The summed E-state index contributed by atoms with van der Waals surface area (Å²) in [5.74, 6) is 0.102. The molecule has 0 unspecified atom stereocenters. The molecular weight excluding hydrogens is 312 g/mol. The van der Waals surface area contributed by atoms with Crippen LogP contribution in [-0.4, -0.2) is 32.5 Å². The van der Waals surface area contributed by atoms with E-state index in [9.17, 15) is 9.90 Å². The van der Waals surface area contributed by atoms with Crippen LogP contribution in [0.5, 0.6) is 5.75 Å². The zero-order chi connectivity index (χ0) is 16.4. The lowest BCUT2D eigenvalue weighted by molar-refractivity contribution is 0.475. The fraction of sp³-hybridized carbons (Fsp3) is 0.125. The molecule has 3 aromatic rings. The molecule has 2 aromatic carbocycles. The van der Waals surface area contributed by atoms with Crippen molar-refractivity contribution in [1.82, 2.24) is 14.9 Å². The second-order valence-corrected chi connectivity index (χ2v) is 5.63. The van der Waals surface area contributed by atoms with E-state index in [1.54, 1.807) is 19.2 Å². The Morgan fingerprint density at radius 1 is 1.22 bits per heavy atom. The van der Waals surface area contributed by atoms with Gasteiger partial charge >= 0.3 is 0 Å². The van der Waals surface area contributed by atoms with Crippen molar-refractivity contribution in [2.75, 3.05) is 6.26 Å². The van der Waals surface area contributed by atoms with Crippen molar-refractivity contribution in [1.29, 1.82) is 0 Å². The van der Waals surface area contributed by atoms with Crippen LogP contribution in [0.1, 0.15) is 11.3 Å². The summed E-state index contributed by atoms with van der Waals surface area (Å²) < 4.78 is 1.19. The van der Waals surface area contributed by atoms with Gasteiger partial charge in [-0.15, -0.1) is 10.2 Å². The van der Waals surface area contributed by atoms with Gasteiger partial charge in [0, 0.05) is 5.56 Å². The predicted octanol–water partition coefficient (Wildman–Crippen LogP) is 2.41. The number of fused-ring (bicyclic) bond motifs is 1. The summed E-state index contributed by atoms with van der Waals surface area (Å²) >= 11 is 1.27. The quantitative estimate of drug-likeness (QED) is 0.590. The fourth-order valence-corrected chi connectivity index (χ4v) is 2.63. The minimum absolute atomic E-state index is 0.102. The van der Waals surface area contributed by atoms with Crippen LogP contribution in [0.15, 0.2) is 51.5 Å². The monoisotopic (exact) mass is 326 g/mol. The highest BCUT2D eigenvalue weighted by molar-refractivity contribution is 7.98. The minimum atomic E-state index is -0.333. The lowest BCUT2D eigenvalue weighted by Gasteiger charge is -2.06. The smallest absolute Gasteiger partial charge is 0.296 e. The van der Waals surface area contributed by atoms with E-state index in [4.69, 9.17) is 0 Å². The van der Waals surface area contributed by atoms with Crippen LogP contribution in [0.3, 0.4) is 0 Å². The fourth-order valence-electron chi connectivity index (χ4n) is 2.21. The normalized spacial score (nSPS) is 11.4. The third-order valence-electron chi connectivity index (χ3n) is 3.40. The van der Waals surface area contributed by atoms with Gasteiger partial charge in [-0.3, -0.25) is 4.79 Å². The van der Waals surface area contributed by atoms with Crippen LogP contribution < -0.4 is 5.56 Å². The number of aromatic hydroxyl groups is 1. The summed E-state index contributed by atoms with van der Waals surface area (Å²) in [5, 5.41) is 24.3. The molecule has 0 aliphatic rings. The maximum absolute atomic E-state index is 12.2. The number of benzene rings is 2. The molecule has 0 saturated carbocycles. The number of phenols is 1. The molecule has 7 heteroatoms. The van der Waals surface area contributed by atoms with Gasteiger partial charge in [0.05, 0.1) is 6.21 Å². The Labute approximate surface area is 136 Å². The van der Waals surface area contributed by atoms with Crippen molar-refractivity contribution in [3.8, 4) is 5.75 Å². The first-order chi connectivity index (χ1) is 11.1. The van der Waals surface area contributed by atoms with Crippen molar-refractivity contribution in [3.63, 3.8) is 0 Å². The van der Waals surface area contributed by atoms with E-state index in [0.717, 1.165) is 10.8 Å². The van der Waals surface area contributed by atoms with Gasteiger partial charge < -0.3 is 5.11 Å². The van der Waals surface area contributed by atoms with Gasteiger partial charge in [-0.2, -0.15) is 9.78 Å². The highest BCUT2D eigenvalue weighted by atomic mass is 32.2. The first kappa shape index (κ1) is 15.2. The molecule has 23 heavy (non-hydrogen) atoms. The van der Waals surface area contributed by atoms with Gasteiger partial charge in [0.15, 0.2) is 0 Å².